The van der Waals surface area contributed by atoms with E-state index in [0.29, 0.717) is 11.6 Å². The molecule has 0 spiro atoms. The Morgan fingerprint density at radius 2 is 1.77 bits per heavy atom. The molecule has 2 aromatic heterocycles. The van der Waals surface area contributed by atoms with Crippen LogP contribution in [0.1, 0.15) is 27.3 Å². The van der Waals surface area contributed by atoms with E-state index in [0.717, 1.165) is 38.5 Å². The quantitative estimate of drug-likeness (QED) is 0.379. The molecule has 0 N–H and O–H groups in total. The van der Waals surface area contributed by atoms with Crippen LogP contribution in [0.2, 0.25) is 0 Å². The summed E-state index contributed by atoms with van der Waals surface area (Å²) in [4.78, 5) is 26.8. The largest absolute Gasteiger partial charge is 0.309 e. The summed E-state index contributed by atoms with van der Waals surface area (Å²) >= 11 is 3.03. The van der Waals surface area contributed by atoms with Crippen LogP contribution in [0.4, 0.5) is 5.13 Å². The van der Waals surface area contributed by atoms with Gasteiger partial charge in [-0.1, -0.05) is 29.5 Å². The van der Waals surface area contributed by atoms with Gasteiger partial charge in [0.15, 0.2) is 10.1 Å². The summed E-state index contributed by atoms with van der Waals surface area (Å²) in [6, 6.07) is 12.1. The lowest BCUT2D eigenvalue weighted by Gasteiger charge is -2.19. The average molecular weight is 461 g/mol. The first kappa shape index (κ1) is 22.6. The molecule has 0 radical (unpaired) electrons. The minimum atomic E-state index is -0.0709. The van der Waals surface area contributed by atoms with Crippen LogP contribution in [-0.2, 0) is 0 Å². The highest BCUT2D eigenvalue weighted by Gasteiger charge is 2.24. The lowest BCUT2D eigenvalue weighted by molar-refractivity contribution is 0.0986. The Hall–Kier alpha value is -2.06. The number of nitrogens with zero attached hydrogens (tertiary/aromatic N) is 4. The summed E-state index contributed by atoms with van der Waals surface area (Å²) in [6.07, 6.45) is 0.873. The lowest BCUT2D eigenvalue weighted by Crippen LogP contribution is -2.33. The van der Waals surface area contributed by atoms with Gasteiger partial charge in [-0.2, -0.15) is 0 Å². The molecule has 158 valence electrons. The third-order valence-corrected chi connectivity index (χ3v) is 7.00. The van der Waals surface area contributed by atoms with Crippen LogP contribution in [0.5, 0.6) is 0 Å². The van der Waals surface area contributed by atoms with E-state index in [9.17, 15) is 4.79 Å². The molecular weight excluding hydrogens is 436 g/mol. The van der Waals surface area contributed by atoms with Crippen LogP contribution in [0.15, 0.2) is 36.4 Å². The fraction of sp³-hybridized carbons (Fsp3) is 0.318. The van der Waals surface area contributed by atoms with Crippen molar-refractivity contribution in [3.63, 3.8) is 0 Å². The number of rotatable bonds is 6. The number of thiazole rings is 2. The summed E-state index contributed by atoms with van der Waals surface area (Å²) in [5.41, 5.74) is 4.20. The summed E-state index contributed by atoms with van der Waals surface area (Å²) in [7, 11) is 4.09. The molecule has 2 aromatic carbocycles. The van der Waals surface area contributed by atoms with Crippen molar-refractivity contribution in [2.75, 3.05) is 32.1 Å². The highest BCUT2D eigenvalue weighted by atomic mass is 35.5. The third-order valence-electron chi connectivity index (χ3n) is 4.75. The summed E-state index contributed by atoms with van der Waals surface area (Å²) in [5.74, 6) is -0.0709. The molecule has 0 fully saturated rings. The van der Waals surface area contributed by atoms with Crippen molar-refractivity contribution in [3.8, 4) is 0 Å². The minimum absolute atomic E-state index is 0. The fourth-order valence-electron chi connectivity index (χ4n) is 3.39. The topological polar surface area (TPSA) is 49.3 Å². The Morgan fingerprint density at radius 1 is 1.00 bits per heavy atom. The van der Waals surface area contributed by atoms with E-state index < -0.39 is 0 Å². The van der Waals surface area contributed by atoms with E-state index in [-0.39, 0.29) is 18.3 Å². The highest BCUT2D eigenvalue weighted by Crippen LogP contribution is 2.33. The fourth-order valence-corrected chi connectivity index (χ4v) is 5.34. The SMILES string of the molecule is Cc1cc(C)c2sc(N(CCCN(C)C)C(=O)c3nc4ccccc4s3)nc2c1.Cl. The number of benzene rings is 2. The molecule has 0 aliphatic carbocycles. The van der Waals surface area contributed by atoms with Gasteiger partial charge in [0.2, 0.25) is 0 Å². The molecule has 4 aromatic rings. The smallest absolute Gasteiger partial charge is 0.289 e. The van der Waals surface area contributed by atoms with Gasteiger partial charge in [0.25, 0.3) is 5.91 Å². The first-order valence-corrected chi connectivity index (χ1v) is 11.3. The molecule has 8 heteroatoms. The molecule has 2 heterocycles. The summed E-state index contributed by atoms with van der Waals surface area (Å²) in [5, 5.41) is 1.26. The number of carbonyl (C=O) groups excluding carboxylic acids is 1. The molecule has 1 amide bonds. The second-order valence-electron chi connectivity index (χ2n) is 7.53. The van der Waals surface area contributed by atoms with Gasteiger partial charge in [-0.25, -0.2) is 9.97 Å². The van der Waals surface area contributed by atoms with Crippen LogP contribution < -0.4 is 4.90 Å². The van der Waals surface area contributed by atoms with Crippen LogP contribution in [0.25, 0.3) is 20.4 Å². The molecule has 0 atom stereocenters. The maximum absolute atomic E-state index is 13.4. The van der Waals surface area contributed by atoms with E-state index in [1.807, 2.05) is 38.4 Å². The highest BCUT2D eigenvalue weighted by molar-refractivity contribution is 7.23. The zero-order valence-corrected chi connectivity index (χ0v) is 20.0. The van der Waals surface area contributed by atoms with Gasteiger partial charge in [-0.3, -0.25) is 9.69 Å². The van der Waals surface area contributed by atoms with Crippen molar-refractivity contribution >= 4 is 66.6 Å². The number of halogens is 1. The normalized spacial score (nSPS) is 11.2. The van der Waals surface area contributed by atoms with Gasteiger partial charge >= 0.3 is 0 Å². The molecule has 0 bridgehead atoms. The third kappa shape index (κ3) is 4.64. The van der Waals surface area contributed by atoms with Crippen LogP contribution in [0.3, 0.4) is 0 Å². The molecule has 5 nitrogen and oxygen atoms in total. The molecule has 0 saturated heterocycles. The van der Waals surface area contributed by atoms with Gasteiger partial charge in [-0.15, -0.1) is 23.7 Å². The predicted octanol–water partition coefficient (Wildman–Crippen LogP) is 5.54. The Bertz CT molecular complexity index is 1150. The number of amides is 1. The molecule has 0 saturated carbocycles. The van der Waals surface area contributed by atoms with Crippen molar-refractivity contribution in [2.45, 2.75) is 20.3 Å². The van der Waals surface area contributed by atoms with Crippen molar-refractivity contribution in [1.82, 2.24) is 14.9 Å². The van der Waals surface area contributed by atoms with Crippen molar-refractivity contribution in [1.29, 1.82) is 0 Å². The van der Waals surface area contributed by atoms with Crippen LogP contribution in [-0.4, -0.2) is 48.0 Å². The summed E-state index contributed by atoms with van der Waals surface area (Å²) < 4.78 is 2.17. The van der Waals surface area contributed by atoms with E-state index in [4.69, 9.17) is 4.98 Å². The number of hydrogen-bond acceptors (Lipinski definition) is 6. The predicted molar refractivity (Wildman–Crippen MR) is 131 cm³/mol. The van der Waals surface area contributed by atoms with Crippen molar-refractivity contribution in [3.05, 3.63) is 52.5 Å². The lowest BCUT2D eigenvalue weighted by atomic mass is 10.1. The standard InChI is InChI=1S/C22H24N4OS2.ClH/c1-14-12-15(2)19-17(13-14)24-22(29-19)26(11-7-10-25(3)4)21(27)20-23-16-8-5-6-9-18(16)28-20;/h5-6,8-9,12-13H,7,10-11H2,1-4H3;1H. The number of carbonyl (C=O) groups is 1. The van der Waals surface area contributed by atoms with E-state index in [1.54, 1.807) is 16.2 Å². The number of anilines is 1. The zero-order chi connectivity index (χ0) is 20.5. The van der Waals surface area contributed by atoms with Gasteiger partial charge in [0, 0.05) is 6.54 Å². The monoisotopic (exact) mass is 460 g/mol. The molecule has 4 rings (SSSR count). The number of aryl methyl sites for hydroxylation is 2. The van der Waals surface area contributed by atoms with Gasteiger partial charge in [0.1, 0.15) is 0 Å². The number of fused-ring (bicyclic) bond motifs is 2. The Morgan fingerprint density at radius 3 is 2.50 bits per heavy atom. The first-order valence-electron chi connectivity index (χ1n) is 9.62. The van der Waals surface area contributed by atoms with Gasteiger partial charge in [-0.05, 0) is 70.2 Å². The van der Waals surface area contributed by atoms with Crippen molar-refractivity contribution < 1.29 is 4.79 Å². The molecule has 0 aliphatic rings. The maximum Gasteiger partial charge on any atom is 0.289 e. The number of aromatic nitrogens is 2. The Labute approximate surface area is 190 Å². The van der Waals surface area contributed by atoms with E-state index >= 15 is 0 Å². The van der Waals surface area contributed by atoms with E-state index in [2.05, 4.69) is 35.9 Å². The van der Waals surface area contributed by atoms with Crippen molar-refractivity contribution in [2.24, 2.45) is 0 Å². The molecular formula is C22H25ClN4OS2. The maximum atomic E-state index is 13.4. The first-order chi connectivity index (χ1) is 13.9. The Balaban J connectivity index is 0.00000256. The molecule has 0 unspecified atom stereocenters. The second-order valence-corrected chi connectivity index (χ2v) is 9.54. The zero-order valence-electron chi connectivity index (χ0n) is 17.5. The average Bonchev–Trinajstić information content (AvgIpc) is 3.28. The molecule has 0 aliphatic heterocycles. The molecule has 30 heavy (non-hydrogen) atoms. The van der Waals surface area contributed by atoms with E-state index in [1.165, 1.54) is 22.5 Å². The Kier molecular flexibility index (Phi) is 7.08. The second kappa shape index (κ2) is 9.39. The minimum Gasteiger partial charge on any atom is -0.309 e. The number of para-hydroxylation sites is 1. The summed E-state index contributed by atoms with van der Waals surface area (Å²) in [6.45, 7) is 5.70. The van der Waals surface area contributed by atoms with Crippen LogP contribution in [0, 0.1) is 13.8 Å². The van der Waals surface area contributed by atoms with Crippen LogP contribution >= 0.6 is 35.1 Å². The van der Waals surface area contributed by atoms with Gasteiger partial charge in [0.05, 0.1) is 20.4 Å². The number of hydrogen-bond donors (Lipinski definition) is 0. The van der Waals surface area contributed by atoms with Gasteiger partial charge < -0.3 is 4.90 Å².